The largest absolute Gasteiger partial charge is 0.479 e. The molecule has 1 aliphatic rings. The van der Waals surface area contributed by atoms with Crippen LogP contribution < -0.4 is 14.5 Å². The van der Waals surface area contributed by atoms with Crippen LogP contribution in [0.4, 0.5) is 11.4 Å². The van der Waals surface area contributed by atoms with Crippen LogP contribution in [-0.2, 0) is 11.2 Å². The Labute approximate surface area is 166 Å². The van der Waals surface area contributed by atoms with Crippen molar-refractivity contribution in [3.05, 3.63) is 48.3 Å². The van der Waals surface area contributed by atoms with E-state index in [0.717, 1.165) is 44.6 Å². The van der Waals surface area contributed by atoms with Gasteiger partial charge in [-0.15, -0.1) is 0 Å². The van der Waals surface area contributed by atoms with Crippen molar-refractivity contribution in [2.24, 2.45) is 0 Å². The molecule has 3 rings (SSSR count). The number of benzene rings is 1. The van der Waals surface area contributed by atoms with Gasteiger partial charge in [-0.3, -0.25) is 4.98 Å². The number of aromatic nitrogens is 1. The van der Waals surface area contributed by atoms with E-state index in [-0.39, 0.29) is 0 Å². The standard InChI is InChI=1S/C22H29N3O3/c1-3-5-17-16-19(6-7-21(17)28-20(4-2)22(26)27)25-14-12-24(13-15-25)18-8-10-23-11-9-18/h6-11,16,20H,3-5,12-15H2,1-2H3,(H,26,27). The number of ether oxygens (including phenoxy) is 1. The third-order valence-electron chi connectivity index (χ3n) is 5.15. The fourth-order valence-corrected chi connectivity index (χ4v) is 3.58. The van der Waals surface area contributed by atoms with Crippen molar-refractivity contribution in [2.75, 3.05) is 36.0 Å². The molecule has 1 saturated heterocycles. The lowest BCUT2D eigenvalue weighted by molar-refractivity contribution is -0.145. The van der Waals surface area contributed by atoms with Crippen LogP contribution in [0.5, 0.6) is 5.75 Å². The smallest absolute Gasteiger partial charge is 0.344 e. The molecule has 1 unspecified atom stereocenters. The highest BCUT2D eigenvalue weighted by molar-refractivity contribution is 5.72. The molecule has 150 valence electrons. The predicted molar refractivity (Wildman–Crippen MR) is 111 cm³/mol. The Kier molecular flexibility index (Phi) is 6.74. The third kappa shape index (κ3) is 4.74. The summed E-state index contributed by atoms with van der Waals surface area (Å²) < 4.78 is 5.79. The molecule has 2 aromatic rings. The Morgan fingerprint density at radius 1 is 1.07 bits per heavy atom. The van der Waals surface area contributed by atoms with Gasteiger partial charge in [0.1, 0.15) is 5.75 Å². The molecule has 0 radical (unpaired) electrons. The van der Waals surface area contributed by atoms with Gasteiger partial charge in [-0.2, -0.15) is 0 Å². The van der Waals surface area contributed by atoms with E-state index in [1.807, 2.05) is 43.6 Å². The highest BCUT2D eigenvalue weighted by Crippen LogP contribution is 2.29. The molecule has 0 saturated carbocycles. The van der Waals surface area contributed by atoms with Crippen LogP contribution in [0.1, 0.15) is 32.3 Å². The summed E-state index contributed by atoms with van der Waals surface area (Å²) in [5.41, 5.74) is 3.47. The second-order valence-corrected chi connectivity index (χ2v) is 7.07. The monoisotopic (exact) mass is 383 g/mol. The first-order chi connectivity index (χ1) is 13.6. The number of carbonyl (C=O) groups is 1. The second kappa shape index (κ2) is 9.44. The highest BCUT2D eigenvalue weighted by Gasteiger charge is 2.21. The molecule has 0 amide bonds. The van der Waals surface area contributed by atoms with Gasteiger partial charge in [0.25, 0.3) is 0 Å². The second-order valence-electron chi connectivity index (χ2n) is 7.07. The van der Waals surface area contributed by atoms with Crippen LogP contribution in [0.2, 0.25) is 0 Å². The molecule has 1 atom stereocenters. The number of aryl methyl sites for hydroxylation is 1. The number of nitrogens with zero attached hydrogens (tertiary/aromatic N) is 3. The summed E-state index contributed by atoms with van der Waals surface area (Å²) in [5.74, 6) is -0.225. The fourth-order valence-electron chi connectivity index (χ4n) is 3.58. The van der Waals surface area contributed by atoms with E-state index >= 15 is 0 Å². The predicted octanol–water partition coefficient (Wildman–Crippen LogP) is 3.60. The van der Waals surface area contributed by atoms with Crippen molar-refractivity contribution in [2.45, 2.75) is 39.2 Å². The van der Waals surface area contributed by atoms with Gasteiger partial charge in [-0.1, -0.05) is 20.3 Å². The van der Waals surface area contributed by atoms with Crippen molar-refractivity contribution in [1.29, 1.82) is 0 Å². The summed E-state index contributed by atoms with van der Waals surface area (Å²) in [4.78, 5) is 20.2. The maximum atomic E-state index is 11.3. The molecule has 1 aromatic carbocycles. The lowest BCUT2D eigenvalue weighted by Gasteiger charge is -2.37. The Morgan fingerprint density at radius 2 is 1.71 bits per heavy atom. The fraction of sp³-hybridized carbons (Fsp3) is 0.455. The molecule has 2 heterocycles. The number of aliphatic carboxylic acids is 1. The van der Waals surface area contributed by atoms with E-state index in [2.05, 4.69) is 27.8 Å². The SMILES string of the molecule is CCCc1cc(N2CCN(c3ccncc3)CC2)ccc1OC(CC)C(=O)O. The Hall–Kier alpha value is -2.76. The van der Waals surface area contributed by atoms with Gasteiger partial charge < -0.3 is 19.6 Å². The minimum Gasteiger partial charge on any atom is -0.479 e. The lowest BCUT2D eigenvalue weighted by atomic mass is 10.1. The Balaban J connectivity index is 1.71. The van der Waals surface area contributed by atoms with Crippen LogP contribution in [-0.4, -0.2) is 48.3 Å². The van der Waals surface area contributed by atoms with Crippen LogP contribution in [0.25, 0.3) is 0 Å². The molecular weight excluding hydrogens is 354 g/mol. The number of hydrogen-bond donors (Lipinski definition) is 1. The molecule has 1 aromatic heterocycles. The van der Waals surface area contributed by atoms with Crippen molar-refractivity contribution >= 4 is 17.3 Å². The average molecular weight is 383 g/mol. The van der Waals surface area contributed by atoms with Crippen LogP contribution in [0.15, 0.2) is 42.7 Å². The zero-order valence-corrected chi connectivity index (χ0v) is 16.7. The number of carboxylic acids is 1. The minimum absolute atomic E-state index is 0.444. The molecule has 1 N–H and O–H groups in total. The van der Waals surface area contributed by atoms with E-state index in [1.165, 1.54) is 11.4 Å². The summed E-state index contributed by atoms with van der Waals surface area (Å²) in [6, 6.07) is 10.2. The summed E-state index contributed by atoms with van der Waals surface area (Å²) in [7, 11) is 0. The van der Waals surface area contributed by atoms with Crippen molar-refractivity contribution < 1.29 is 14.6 Å². The molecule has 1 aliphatic heterocycles. The number of piperazine rings is 1. The zero-order valence-electron chi connectivity index (χ0n) is 16.7. The van der Waals surface area contributed by atoms with Crippen LogP contribution in [0.3, 0.4) is 0 Å². The Bertz CT molecular complexity index is 774. The van der Waals surface area contributed by atoms with E-state index in [4.69, 9.17) is 4.74 Å². The van der Waals surface area contributed by atoms with Gasteiger partial charge in [-0.25, -0.2) is 4.79 Å². The quantitative estimate of drug-likeness (QED) is 0.751. The van der Waals surface area contributed by atoms with Gasteiger partial charge in [0, 0.05) is 49.9 Å². The number of anilines is 2. The average Bonchev–Trinajstić information content (AvgIpc) is 2.73. The summed E-state index contributed by atoms with van der Waals surface area (Å²) in [6.07, 6.45) is 5.16. The van der Waals surface area contributed by atoms with Crippen molar-refractivity contribution in [3.63, 3.8) is 0 Å². The van der Waals surface area contributed by atoms with Crippen molar-refractivity contribution in [1.82, 2.24) is 4.98 Å². The van der Waals surface area contributed by atoms with Crippen LogP contribution >= 0.6 is 0 Å². The van der Waals surface area contributed by atoms with Gasteiger partial charge in [-0.05, 0) is 48.7 Å². The molecule has 6 heteroatoms. The number of rotatable bonds is 8. The molecule has 0 spiro atoms. The number of hydrogen-bond acceptors (Lipinski definition) is 5. The van der Waals surface area contributed by atoms with Crippen molar-refractivity contribution in [3.8, 4) is 5.75 Å². The van der Waals surface area contributed by atoms with Crippen LogP contribution in [0, 0.1) is 0 Å². The maximum Gasteiger partial charge on any atom is 0.344 e. The Morgan fingerprint density at radius 3 is 2.29 bits per heavy atom. The molecule has 0 aliphatic carbocycles. The van der Waals surface area contributed by atoms with E-state index in [1.54, 1.807) is 0 Å². The summed E-state index contributed by atoms with van der Waals surface area (Å²) in [5, 5.41) is 9.29. The summed E-state index contributed by atoms with van der Waals surface area (Å²) in [6.45, 7) is 7.76. The lowest BCUT2D eigenvalue weighted by Crippen LogP contribution is -2.46. The molecule has 0 bridgehead atoms. The molecular formula is C22H29N3O3. The van der Waals surface area contributed by atoms with Gasteiger partial charge in [0.2, 0.25) is 0 Å². The van der Waals surface area contributed by atoms with E-state index < -0.39 is 12.1 Å². The maximum absolute atomic E-state index is 11.3. The van der Waals surface area contributed by atoms with E-state index in [9.17, 15) is 9.90 Å². The van der Waals surface area contributed by atoms with Gasteiger partial charge in [0.15, 0.2) is 6.10 Å². The first kappa shape index (κ1) is 20.0. The molecule has 28 heavy (non-hydrogen) atoms. The first-order valence-corrected chi connectivity index (χ1v) is 10.0. The van der Waals surface area contributed by atoms with E-state index in [0.29, 0.717) is 12.2 Å². The zero-order chi connectivity index (χ0) is 19.9. The topological polar surface area (TPSA) is 65.9 Å². The molecule has 6 nitrogen and oxygen atoms in total. The summed E-state index contributed by atoms with van der Waals surface area (Å²) >= 11 is 0. The number of pyridine rings is 1. The third-order valence-corrected chi connectivity index (χ3v) is 5.15. The van der Waals surface area contributed by atoms with Gasteiger partial charge in [0.05, 0.1) is 0 Å². The van der Waals surface area contributed by atoms with Gasteiger partial charge >= 0.3 is 5.97 Å². The minimum atomic E-state index is -0.916. The number of carboxylic acid groups (broad SMARTS) is 1. The first-order valence-electron chi connectivity index (χ1n) is 10.0. The molecule has 1 fully saturated rings. The normalized spacial score (nSPS) is 15.4. The highest BCUT2D eigenvalue weighted by atomic mass is 16.5.